The molecule has 6 heteroatoms. The molecule has 0 aliphatic heterocycles. The van der Waals surface area contributed by atoms with Gasteiger partial charge >= 0.3 is 0 Å². The van der Waals surface area contributed by atoms with Crippen LogP contribution in [0.4, 0.5) is 4.39 Å². The lowest BCUT2D eigenvalue weighted by Gasteiger charge is -2.07. The smallest absolute Gasteiger partial charge is 0.208 e. The maximum Gasteiger partial charge on any atom is 0.208 e. The first-order chi connectivity index (χ1) is 7.92. The minimum Gasteiger partial charge on any atom is -0.491 e. The van der Waals surface area contributed by atoms with Gasteiger partial charge in [0.05, 0.1) is 12.9 Å². The number of sulfonamides is 1. The lowest BCUT2D eigenvalue weighted by molar-refractivity contribution is 0.321. The van der Waals surface area contributed by atoms with Gasteiger partial charge < -0.3 is 4.74 Å². The van der Waals surface area contributed by atoms with Crippen molar-refractivity contribution in [3.8, 4) is 5.75 Å². The van der Waals surface area contributed by atoms with E-state index >= 15 is 0 Å². The van der Waals surface area contributed by atoms with E-state index in [2.05, 4.69) is 4.72 Å². The van der Waals surface area contributed by atoms with Gasteiger partial charge in [0.25, 0.3) is 0 Å². The Morgan fingerprint density at radius 2 is 2.12 bits per heavy atom. The van der Waals surface area contributed by atoms with Crippen LogP contribution in [0.1, 0.15) is 12.5 Å². The van der Waals surface area contributed by atoms with Crippen LogP contribution in [0.15, 0.2) is 18.2 Å². The molecule has 0 aliphatic rings. The van der Waals surface area contributed by atoms with E-state index in [9.17, 15) is 12.8 Å². The van der Waals surface area contributed by atoms with E-state index in [1.54, 1.807) is 19.1 Å². The molecule has 0 fully saturated rings. The molecular formula is C11H16FNO3S. The van der Waals surface area contributed by atoms with E-state index in [0.717, 1.165) is 11.8 Å². The van der Waals surface area contributed by atoms with Crippen molar-refractivity contribution in [2.24, 2.45) is 0 Å². The molecule has 1 rings (SSSR count). The minimum atomic E-state index is -3.19. The van der Waals surface area contributed by atoms with Gasteiger partial charge in [0.2, 0.25) is 10.0 Å². The van der Waals surface area contributed by atoms with Crippen LogP contribution in [-0.2, 0) is 16.4 Å². The van der Waals surface area contributed by atoms with E-state index in [1.165, 1.54) is 6.07 Å². The number of hydrogen-bond donors (Lipinski definition) is 1. The van der Waals surface area contributed by atoms with Crippen LogP contribution in [0.3, 0.4) is 0 Å². The zero-order valence-corrected chi connectivity index (χ0v) is 10.7. The quantitative estimate of drug-likeness (QED) is 0.840. The topological polar surface area (TPSA) is 55.4 Å². The van der Waals surface area contributed by atoms with Crippen molar-refractivity contribution < 1.29 is 17.5 Å². The summed E-state index contributed by atoms with van der Waals surface area (Å²) in [6.45, 7) is 2.45. The standard InChI is InChI=1S/C11H16FNO3S/c1-3-16-11-5-4-9(8-10(11)12)6-7-13-17(2,14)15/h4-5,8,13H,3,6-7H2,1-2H3. The van der Waals surface area contributed by atoms with Crippen molar-refractivity contribution in [1.82, 2.24) is 4.72 Å². The third-order valence-electron chi connectivity index (χ3n) is 2.07. The van der Waals surface area contributed by atoms with E-state index in [4.69, 9.17) is 4.74 Å². The molecule has 0 amide bonds. The van der Waals surface area contributed by atoms with E-state index in [1.807, 2.05) is 0 Å². The molecule has 96 valence electrons. The first kappa shape index (κ1) is 13.9. The summed E-state index contributed by atoms with van der Waals surface area (Å²) in [5.41, 5.74) is 0.724. The molecule has 1 aromatic rings. The van der Waals surface area contributed by atoms with Crippen LogP contribution < -0.4 is 9.46 Å². The Kier molecular flexibility index (Phi) is 4.89. The molecule has 0 radical (unpaired) electrons. The van der Waals surface area contributed by atoms with Crippen LogP contribution in [0.25, 0.3) is 0 Å². The van der Waals surface area contributed by atoms with Crippen LogP contribution >= 0.6 is 0 Å². The second kappa shape index (κ2) is 5.97. The fraction of sp³-hybridized carbons (Fsp3) is 0.455. The van der Waals surface area contributed by atoms with Crippen molar-refractivity contribution in [2.75, 3.05) is 19.4 Å². The normalized spacial score (nSPS) is 11.5. The third kappa shape index (κ3) is 5.14. The maximum atomic E-state index is 13.4. The fourth-order valence-electron chi connectivity index (χ4n) is 1.35. The molecular weight excluding hydrogens is 245 g/mol. The number of hydrogen-bond acceptors (Lipinski definition) is 3. The molecule has 0 unspecified atom stereocenters. The summed E-state index contributed by atoms with van der Waals surface area (Å²) in [5.74, 6) is -0.212. The summed E-state index contributed by atoms with van der Waals surface area (Å²) >= 11 is 0. The maximum absolute atomic E-state index is 13.4. The van der Waals surface area contributed by atoms with Crippen molar-refractivity contribution in [1.29, 1.82) is 0 Å². The van der Waals surface area contributed by atoms with E-state index in [-0.39, 0.29) is 12.3 Å². The second-order valence-corrected chi connectivity index (χ2v) is 5.45. The number of halogens is 1. The molecule has 0 saturated heterocycles. The largest absolute Gasteiger partial charge is 0.491 e. The Hall–Kier alpha value is -1.14. The Morgan fingerprint density at radius 1 is 1.41 bits per heavy atom. The van der Waals surface area contributed by atoms with Crippen LogP contribution in [0.5, 0.6) is 5.75 Å². The van der Waals surface area contributed by atoms with Crippen LogP contribution in [-0.4, -0.2) is 27.8 Å². The monoisotopic (exact) mass is 261 g/mol. The lowest BCUT2D eigenvalue weighted by atomic mass is 10.1. The number of benzene rings is 1. The number of rotatable bonds is 6. The second-order valence-electron chi connectivity index (χ2n) is 3.61. The Balaban J connectivity index is 2.58. The summed E-state index contributed by atoms with van der Waals surface area (Å²) in [6, 6.07) is 4.63. The summed E-state index contributed by atoms with van der Waals surface area (Å²) in [7, 11) is -3.19. The van der Waals surface area contributed by atoms with Crippen LogP contribution in [0, 0.1) is 5.82 Å². The average molecular weight is 261 g/mol. The number of ether oxygens (including phenoxy) is 1. The summed E-state index contributed by atoms with van der Waals surface area (Å²) in [4.78, 5) is 0. The van der Waals surface area contributed by atoms with Gasteiger partial charge in [-0.05, 0) is 31.0 Å². The molecule has 1 aromatic carbocycles. The van der Waals surface area contributed by atoms with E-state index in [0.29, 0.717) is 13.0 Å². The predicted molar refractivity (Wildman–Crippen MR) is 64.1 cm³/mol. The highest BCUT2D eigenvalue weighted by molar-refractivity contribution is 7.88. The highest BCUT2D eigenvalue weighted by Crippen LogP contribution is 2.18. The van der Waals surface area contributed by atoms with Crippen molar-refractivity contribution in [3.63, 3.8) is 0 Å². The highest BCUT2D eigenvalue weighted by Gasteiger charge is 2.05. The van der Waals surface area contributed by atoms with Gasteiger partial charge in [-0.15, -0.1) is 0 Å². The van der Waals surface area contributed by atoms with Gasteiger partial charge in [-0.2, -0.15) is 0 Å². The first-order valence-corrected chi connectivity index (χ1v) is 7.17. The van der Waals surface area contributed by atoms with Gasteiger partial charge in [-0.1, -0.05) is 6.07 Å². The third-order valence-corrected chi connectivity index (χ3v) is 2.80. The molecule has 0 aliphatic carbocycles. The Morgan fingerprint density at radius 3 is 2.65 bits per heavy atom. The van der Waals surface area contributed by atoms with Gasteiger partial charge in [0.15, 0.2) is 11.6 Å². The molecule has 1 N–H and O–H groups in total. The SMILES string of the molecule is CCOc1ccc(CCNS(C)(=O)=O)cc1F. The molecule has 0 spiro atoms. The number of nitrogens with one attached hydrogen (secondary N) is 1. The Labute approximate surface area is 101 Å². The minimum absolute atomic E-state index is 0.215. The summed E-state index contributed by atoms with van der Waals surface area (Å²) in [6.07, 6.45) is 1.53. The molecule has 0 bridgehead atoms. The molecule has 17 heavy (non-hydrogen) atoms. The average Bonchev–Trinajstić information content (AvgIpc) is 2.20. The zero-order valence-electron chi connectivity index (χ0n) is 9.86. The van der Waals surface area contributed by atoms with E-state index < -0.39 is 15.8 Å². The summed E-state index contributed by atoms with van der Waals surface area (Å²) < 4.78 is 42.5. The van der Waals surface area contributed by atoms with Crippen LogP contribution in [0.2, 0.25) is 0 Å². The van der Waals surface area contributed by atoms with Crippen molar-refractivity contribution in [3.05, 3.63) is 29.6 Å². The molecule has 0 heterocycles. The molecule has 0 aromatic heterocycles. The fourth-order valence-corrected chi connectivity index (χ4v) is 1.83. The molecule has 0 atom stereocenters. The van der Waals surface area contributed by atoms with Gasteiger partial charge in [-0.25, -0.2) is 17.5 Å². The van der Waals surface area contributed by atoms with Crippen molar-refractivity contribution in [2.45, 2.75) is 13.3 Å². The zero-order chi connectivity index (χ0) is 12.9. The van der Waals surface area contributed by atoms with Gasteiger partial charge in [-0.3, -0.25) is 0 Å². The molecule has 4 nitrogen and oxygen atoms in total. The lowest BCUT2D eigenvalue weighted by Crippen LogP contribution is -2.24. The first-order valence-electron chi connectivity index (χ1n) is 5.28. The van der Waals surface area contributed by atoms with Crippen molar-refractivity contribution >= 4 is 10.0 Å². The molecule has 0 saturated carbocycles. The Bertz CT molecular complexity index is 474. The van der Waals surface area contributed by atoms with Gasteiger partial charge in [0.1, 0.15) is 0 Å². The summed E-state index contributed by atoms with van der Waals surface area (Å²) in [5, 5.41) is 0. The predicted octanol–water partition coefficient (Wildman–Crippen LogP) is 1.32. The van der Waals surface area contributed by atoms with Gasteiger partial charge in [0, 0.05) is 6.54 Å². The highest BCUT2D eigenvalue weighted by atomic mass is 32.2.